The number of rotatable bonds is 6. The molecule has 1 aliphatic rings. The molecule has 1 saturated heterocycles. The van der Waals surface area contributed by atoms with Gasteiger partial charge in [0.05, 0.1) is 10.7 Å². The molecule has 0 saturated carbocycles. The van der Waals surface area contributed by atoms with E-state index in [1.807, 2.05) is 14.0 Å². The number of piperidine rings is 1. The number of aryl methyl sites for hydroxylation is 1. The summed E-state index contributed by atoms with van der Waals surface area (Å²) in [6.45, 7) is 10.9. The molecule has 0 amide bonds. The van der Waals surface area contributed by atoms with Crippen molar-refractivity contribution in [2.75, 3.05) is 33.2 Å². The Labute approximate surface area is 144 Å². The Bertz CT molecular complexity index is 503. The summed E-state index contributed by atoms with van der Waals surface area (Å²) in [7, 11) is 1.83. The van der Waals surface area contributed by atoms with Crippen molar-refractivity contribution in [1.82, 2.24) is 20.5 Å². The van der Waals surface area contributed by atoms with Gasteiger partial charge in [-0.25, -0.2) is 4.98 Å². The molecule has 2 N–H and O–H groups in total. The smallest absolute Gasteiger partial charge is 0.191 e. The average Bonchev–Trinajstić information content (AvgIpc) is 2.97. The molecule has 1 aliphatic heterocycles. The molecule has 130 valence electrons. The molecule has 2 heterocycles. The zero-order valence-electron chi connectivity index (χ0n) is 15.0. The van der Waals surface area contributed by atoms with Gasteiger partial charge in [0.25, 0.3) is 0 Å². The van der Waals surface area contributed by atoms with Crippen molar-refractivity contribution >= 4 is 17.3 Å². The number of nitrogens with zero attached hydrogens (tertiary/aromatic N) is 3. The first kappa shape index (κ1) is 18.2. The molecule has 0 atom stereocenters. The predicted molar refractivity (Wildman–Crippen MR) is 99.4 cm³/mol. The van der Waals surface area contributed by atoms with Gasteiger partial charge in [0.1, 0.15) is 0 Å². The van der Waals surface area contributed by atoms with Gasteiger partial charge in [-0.2, -0.15) is 0 Å². The highest BCUT2D eigenvalue weighted by atomic mass is 32.1. The molecule has 0 aromatic carbocycles. The van der Waals surface area contributed by atoms with E-state index >= 15 is 0 Å². The predicted octanol–water partition coefficient (Wildman–Crippen LogP) is 2.42. The minimum Gasteiger partial charge on any atom is -0.356 e. The van der Waals surface area contributed by atoms with Crippen LogP contribution in [-0.4, -0.2) is 54.6 Å². The molecule has 0 spiro atoms. The van der Waals surface area contributed by atoms with Crippen LogP contribution in [0.2, 0.25) is 0 Å². The van der Waals surface area contributed by atoms with E-state index in [1.165, 1.54) is 32.4 Å². The first-order valence-electron chi connectivity index (χ1n) is 8.62. The van der Waals surface area contributed by atoms with Crippen LogP contribution in [0, 0.1) is 6.92 Å². The minimum atomic E-state index is 0.157. The lowest BCUT2D eigenvalue weighted by atomic mass is 9.98. The van der Waals surface area contributed by atoms with Crippen molar-refractivity contribution in [2.45, 2.75) is 52.0 Å². The topological polar surface area (TPSA) is 52.6 Å². The maximum Gasteiger partial charge on any atom is 0.191 e. The van der Waals surface area contributed by atoms with E-state index in [2.05, 4.69) is 44.7 Å². The van der Waals surface area contributed by atoms with Gasteiger partial charge in [0.15, 0.2) is 5.96 Å². The fourth-order valence-corrected chi connectivity index (χ4v) is 3.61. The number of hydrogen-bond donors (Lipinski definition) is 2. The molecule has 1 aromatic rings. The van der Waals surface area contributed by atoms with E-state index in [0.29, 0.717) is 0 Å². The highest BCUT2D eigenvalue weighted by Crippen LogP contribution is 2.19. The van der Waals surface area contributed by atoms with Crippen LogP contribution in [0.25, 0.3) is 0 Å². The summed E-state index contributed by atoms with van der Waals surface area (Å²) < 4.78 is 0. The van der Waals surface area contributed by atoms with Gasteiger partial charge in [-0.3, -0.25) is 9.89 Å². The summed E-state index contributed by atoms with van der Waals surface area (Å²) in [5.74, 6) is 0.877. The molecule has 1 aromatic heterocycles. The summed E-state index contributed by atoms with van der Waals surface area (Å²) in [4.78, 5) is 11.4. The third-order valence-electron chi connectivity index (χ3n) is 4.46. The van der Waals surface area contributed by atoms with Crippen LogP contribution in [0.4, 0.5) is 0 Å². The molecule has 1 fully saturated rings. The Morgan fingerprint density at radius 1 is 1.30 bits per heavy atom. The summed E-state index contributed by atoms with van der Waals surface area (Å²) in [5, 5.41) is 10.1. The Morgan fingerprint density at radius 3 is 2.65 bits per heavy atom. The van der Waals surface area contributed by atoms with Crippen LogP contribution in [-0.2, 0) is 6.42 Å². The second-order valence-corrected chi connectivity index (χ2v) is 7.88. The van der Waals surface area contributed by atoms with Crippen LogP contribution < -0.4 is 10.6 Å². The largest absolute Gasteiger partial charge is 0.356 e. The quantitative estimate of drug-likeness (QED) is 0.618. The number of thiazole rings is 1. The third-order valence-corrected chi connectivity index (χ3v) is 5.29. The lowest BCUT2D eigenvalue weighted by molar-refractivity contribution is 0.0982. The number of aliphatic imine (C=N–C) groups is 1. The van der Waals surface area contributed by atoms with Gasteiger partial charge < -0.3 is 10.6 Å². The van der Waals surface area contributed by atoms with E-state index in [4.69, 9.17) is 0 Å². The molecule has 23 heavy (non-hydrogen) atoms. The van der Waals surface area contributed by atoms with Crippen molar-refractivity contribution in [3.8, 4) is 0 Å². The molecule has 0 aliphatic carbocycles. The van der Waals surface area contributed by atoms with Crippen molar-refractivity contribution in [1.29, 1.82) is 0 Å². The van der Waals surface area contributed by atoms with E-state index in [0.717, 1.165) is 36.2 Å². The third kappa shape index (κ3) is 5.77. The van der Waals surface area contributed by atoms with Crippen LogP contribution in [0.15, 0.2) is 10.4 Å². The Morgan fingerprint density at radius 2 is 2.04 bits per heavy atom. The lowest BCUT2D eigenvalue weighted by Gasteiger charge is -2.41. The molecule has 6 heteroatoms. The standard InChI is InChI=1S/C17H31N5S/c1-14-21-15(12-23-14)8-9-19-16(18-4)20-13-17(2,3)22-10-6-5-7-11-22/h12H,5-11,13H2,1-4H3,(H2,18,19,20). The highest BCUT2D eigenvalue weighted by molar-refractivity contribution is 7.09. The molecular formula is C17H31N5S. The minimum absolute atomic E-state index is 0.157. The van der Waals surface area contributed by atoms with Gasteiger partial charge in [0, 0.05) is 37.5 Å². The normalized spacial score (nSPS) is 17.3. The SMILES string of the molecule is CN=C(NCCc1csc(C)n1)NCC(C)(C)N1CCCCC1. The molecule has 0 bridgehead atoms. The zero-order chi connectivity index (χ0) is 16.7. The Kier molecular flexibility index (Phi) is 6.84. The maximum atomic E-state index is 4.49. The van der Waals surface area contributed by atoms with Crippen LogP contribution >= 0.6 is 11.3 Å². The number of guanidine groups is 1. The van der Waals surface area contributed by atoms with Crippen LogP contribution in [0.1, 0.15) is 43.8 Å². The molecule has 0 radical (unpaired) electrons. The molecule has 5 nitrogen and oxygen atoms in total. The molecular weight excluding hydrogens is 306 g/mol. The van der Waals surface area contributed by atoms with Gasteiger partial charge in [-0.05, 0) is 46.7 Å². The maximum absolute atomic E-state index is 4.49. The summed E-state index contributed by atoms with van der Waals surface area (Å²) in [6, 6.07) is 0. The Balaban J connectivity index is 1.73. The first-order chi connectivity index (χ1) is 11.0. The number of likely N-dealkylation sites (tertiary alicyclic amines) is 1. The van der Waals surface area contributed by atoms with Crippen LogP contribution in [0.3, 0.4) is 0 Å². The van der Waals surface area contributed by atoms with Crippen molar-refractivity contribution < 1.29 is 0 Å². The monoisotopic (exact) mass is 337 g/mol. The van der Waals surface area contributed by atoms with E-state index in [1.54, 1.807) is 11.3 Å². The molecule has 0 unspecified atom stereocenters. The lowest BCUT2D eigenvalue weighted by Crippen LogP contribution is -2.55. The Hall–Kier alpha value is -1.14. The molecule has 2 rings (SSSR count). The zero-order valence-corrected chi connectivity index (χ0v) is 15.8. The van der Waals surface area contributed by atoms with Gasteiger partial charge in [-0.1, -0.05) is 6.42 Å². The van der Waals surface area contributed by atoms with E-state index in [-0.39, 0.29) is 5.54 Å². The fourth-order valence-electron chi connectivity index (χ4n) is 2.96. The second-order valence-electron chi connectivity index (χ2n) is 6.82. The summed E-state index contributed by atoms with van der Waals surface area (Å²) in [6.07, 6.45) is 4.95. The fraction of sp³-hybridized carbons (Fsp3) is 0.765. The van der Waals surface area contributed by atoms with E-state index in [9.17, 15) is 0 Å². The number of nitrogens with one attached hydrogen (secondary N) is 2. The summed E-state index contributed by atoms with van der Waals surface area (Å²) >= 11 is 1.71. The number of aromatic nitrogens is 1. The average molecular weight is 338 g/mol. The van der Waals surface area contributed by atoms with Gasteiger partial charge in [-0.15, -0.1) is 11.3 Å². The van der Waals surface area contributed by atoms with Crippen LogP contribution in [0.5, 0.6) is 0 Å². The summed E-state index contributed by atoms with van der Waals surface area (Å²) in [5.41, 5.74) is 1.31. The van der Waals surface area contributed by atoms with Gasteiger partial charge >= 0.3 is 0 Å². The second kappa shape index (κ2) is 8.64. The van der Waals surface area contributed by atoms with Crippen molar-refractivity contribution in [3.63, 3.8) is 0 Å². The first-order valence-corrected chi connectivity index (χ1v) is 9.50. The number of hydrogen-bond acceptors (Lipinski definition) is 4. The van der Waals surface area contributed by atoms with Crippen molar-refractivity contribution in [3.05, 3.63) is 16.1 Å². The van der Waals surface area contributed by atoms with Crippen molar-refractivity contribution in [2.24, 2.45) is 4.99 Å². The van der Waals surface area contributed by atoms with Gasteiger partial charge in [0.2, 0.25) is 0 Å². The highest BCUT2D eigenvalue weighted by Gasteiger charge is 2.27. The van der Waals surface area contributed by atoms with E-state index < -0.39 is 0 Å².